The highest BCUT2D eigenvalue weighted by molar-refractivity contribution is 5.96. The van der Waals surface area contributed by atoms with Crippen LogP contribution >= 0.6 is 0 Å². The van der Waals surface area contributed by atoms with E-state index in [4.69, 9.17) is 4.74 Å². The summed E-state index contributed by atoms with van der Waals surface area (Å²) in [5, 5.41) is 0. The molecule has 2 heterocycles. The third kappa shape index (κ3) is 1.35. The molecule has 0 unspecified atom stereocenters. The van der Waals surface area contributed by atoms with E-state index in [9.17, 15) is 4.79 Å². The molecular formula is C10H10N2O2. The van der Waals surface area contributed by atoms with Crippen molar-refractivity contribution in [3.05, 3.63) is 36.3 Å². The minimum Gasteiger partial charge on any atom is -0.462 e. The minimum absolute atomic E-state index is 0.325. The molecule has 14 heavy (non-hydrogen) atoms. The molecule has 0 amide bonds. The van der Waals surface area contributed by atoms with Crippen LogP contribution in [0.2, 0.25) is 0 Å². The Kier molecular flexibility index (Phi) is 2.18. The molecular weight excluding hydrogens is 180 g/mol. The Bertz CT molecular complexity index is 462. The van der Waals surface area contributed by atoms with Gasteiger partial charge in [-0.15, -0.1) is 0 Å². The maximum absolute atomic E-state index is 11.4. The first kappa shape index (κ1) is 8.74. The fraction of sp³-hybridized carbons (Fsp3) is 0.200. The standard InChI is InChI=1S/C10H10N2O2/c1-2-14-10(13)8-4-7-12-6-3-5-11-9(8)12/h3-7H,2H2,1H3. The first-order valence-electron chi connectivity index (χ1n) is 4.41. The summed E-state index contributed by atoms with van der Waals surface area (Å²) in [5.41, 5.74) is 1.14. The molecule has 0 bridgehead atoms. The van der Waals surface area contributed by atoms with Crippen molar-refractivity contribution >= 4 is 11.6 Å². The molecule has 0 aliphatic carbocycles. The lowest BCUT2D eigenvalue weighted by atomic mass is 10.3. The fourth-order valence-electron chi connectivity index (χ4n) is 1.31. The summed E-state index contributed by atoms with van der Waals surface area (Å²) >= 11 is 0. The van der Waals surface area contributed by atoms with Gasteiger partial charge in [-0.05, 0) is 19.1 Å². The average Bonchev–Trinajstić information content (AvgIpc) is 2.61. The average molecular weight is 190 g/mol. The van der Waals surface area contributed by atoms with Gasteiger partial charge in [-0.1, -0.05) is 0 Å². The highest BCUT2D eigenvalue weighted by Gasteiger charge is 2.12. The van der Waals surface area contributed by atoms with Gasteiger partial charge in [0.05, 0.1) is 6.61 Å². The van der Waals surface area contributed by atoms with Crippen LogP contribution in [0.25, 0.3) is 5.65 Å². The molecule has 0 spiro atoms. The topological polar surface area (TPSA) is 43.6 Å². The van der Waals surface area contributed by atoms with Crippen LogP contribution in [0, 0.1) is 0 Å². The molecule has 0 saturated heterocycles. The molecule has 0 fully saturated rings. The number of carbonyl (C=O) groups is 1. The Balaban J connectivity index is 2.47. The third-order valence-electron chi connectivity index (χ3n) is 1.91. The molecule has 2 aromatic heterocycles. The maximum atomic E-state index is 11.4. The van der Waals surface area contributed by atoms with Crippen molar-refractivity contribution in [3.8, 4) is 0 Å². The maximum Gasteiger partial charge on any atom is 0.341 e. The van der Waals surface area contributed by atoms with Gasteiger partial charge < -0.3 is 9.14 Å². The summed E-state index contributed by atoms with van der Waals surface area (Å²) in [6.07, 6.45) is 5.28. The van der Waals surface area contributed by atoms with E-state index in [-0.39, 0.29) is 5.97 Å². The highest BCUT2D eigenvalue weighted by Crippen LogP contribution is 2.10. The lowest BCUT2D eigenvalue weighted by molar-refractivity contribution is 0.0528. The van der Waals surface area contributed by atoms with E-state index >= 15 is 0 Å². The second-order valence-electron chi connectivity index (χ2n) is 2.80. The molecule has 0 saturated carbocycles. The normalized spacial score (nSPS) is 10.4. The van der Waals surface area contributed by atoms with Crippen LogP contribution in [-0.4, -0.2) is 22.0 Å². The van der Waals surface area contributed by atoms with Crippen LogP contribution in [-0.2, 0) is 4.74 Å². The summed E-state index contributed by atoms with van der Waals surface area (Å²) in [4.78, 5) is 15.6. The fourth-order valence-corrected chi connectivity index (χ4v) is 1.31. The van der Waals surface area contributed by atoms with Crippen molar-refractivity contribution < 1.29 is 9.53 Å². The van der Waals surface area contributed by atoms with E-state index in [1.54, 1.807) is 29.8 Å². The van der Waals surface area contributed by atoms with Gasteiger partial charge in [0.15, 0.2) is 5.65 Å². The number of hydrogen-bond donors (Lipinski definition) is 0. The van der Waals surface area contributed by atoms with Gasteiger partial charge in [0, 0.05) is 18.6 Å². The number of nitrogens with zero attached hydrogens (tertiary/aromatic N) is 2. The van der Waals surface area contributed by atoms with E-state index in [2.05, 4.69) is 4.98 Å². The number of ether oxygens (including phenoxy) is 1. The number of rotatable bonds is 2. The van der Waals surface area contributed by atoms with Crippen molar-refractivity contribution in [1.29, 1.82) is 0 Å². The van der Waals surface area contributed by atoms with E-state index in [1.807, 2.05) is 12.3 Å². The van der Waals surface area contributed by atoms with Gasteiger partial charge >= 0.3 is 5.97 Å². The monoisotopic (exact) mass is 190 g/mol. The highest BCUT2D eigenvalue weighted by atomic mass is 16.5. The first-order chi connectivity index (χ1) is 6.83. The Morgan fingerprint density at radius 1 is 1.57 bits per heavy atom. The predicted octanol–water partition coefficient (Wildman–Crippen LogP) is 1.51. The Morgan fingerprint density at radius 3 is 3.21 bits per heavy atom. The summed E-state index contributed by atoms with van der Waals surface area (Å²) in [7, 11) is 0. The molecule has 72 valence electrons. The minimum atomic E-state index is -0.325. The summed E-state index contributed by atoms with van der Waals surface area (Å²) in [6.45, 7) is 2.16. The molecule has 0 aliphatic rings. The van der Waals surface area contributed by atoms with Gasteiger partial charge in [-0.3, -0.25) is 0 Å². The molecule has 4 heteroatoms. The zero-order chi connectivity index (χ0) is 9.97. The van der Waals surface area contributed by atoms with Gasteiger partial charge in [0.2, 0.25) is 0 Å². The van der Waals surface area contributed by atoms with Gasteiger partial charge in [0.1, 0.15) is 5.56 Å². The van der Waals surface area contributed by atoms with E-state index < -0.39 is 0 Å². The Morgan fingerprint density at radius 2 is 2.43 bits per heavy atom. The van der Waals surface area contributed by atoms with Crippen LogP contribution in [0.4, 0.5) is 0 Å². The van der Waals surface area contributed by atoms with E-state index in [0.717, 1.165) is 0 Å². The molecule has 2 rings (SSSR count). The zero-order valence-electron chi connectivity index (χ0n) is 7.80. The SMILES string of the molecule is CCOC(=O)c1ccn2cccnc12. The van der Waals surface area contributed by atoms with Crippen molar-refractivity contribution in [2.45, 2.75) is 6.92 Å². The van der Waals surface area contributed by atoms with Crippen LogP contribution in [0.1, 0.15) is 17.3 Å². The second-order valence-corrected chi connectivity index (χ2v) is 2.80. The molecule has 0 N–H and O–H groups in total. The predicted molar refractivity (Wildman–Crippen MR) is 51.1 cm³/mol. The van der Waals surface area contributed by atoms with Crippen LogP contribution in [0.3, 0.4) is 0 Å². The summed E-state index contributed by atoms with van der Waals surface area (Å²) in [5.74, 6) is -0.325. The molecule has 0 atom stereocenters. The lowest BCUT2D eigenvalue weighted by Crippen LogP contribution is -2.04. The molecule has 4 nitrogen and oxygen atoms in total. The Labute approximate surface area is 81.1 Å². The number of esters is 1. The molecule has 0 radical (unpaired) electrons. The largest absolute Gasteiger partial charge is 0.462 e. The van der Waals surface area contributed by atoms with Crippen molar-refractivity contribution in [2.75, 3.05) is 6.61 Å². The van der Waals surface area contributed by atoms with Gasteiger partial charge in [0.25, 0.3) is 0 Å². The lowest BCUT2D eigenvalue weighted by Gasteiger charge is -1.99. The number of carbonyl (C=O) groups excluding carboxylic acids is 1. The second kappa shape index (κ2) is 3.49. The van der Waals surface area contributed by atoms with Gasteiger partial charge in [-0.2, -0.15) is 0 Å². The third-order valence-corrected chi connectivity index (χ3v) is 1.91. The summed E-state index contributed by atoms with van der Waals surface area (Å²) in [6, 6.07) is 3.52. The first-order valence-corrected chi connectivity index (χ1v) is 4.41. The van der Waals surface area contributed by atoms with Crippen LogP contribution < -0.4 is 0 Å². The van der Waals surface area contributed by atoms with E-state index in [1.165, 1.54) is 0 Å². The zero-order valence-corrected chi connectivity index (χ0v) is 7.80. The molecule has 0 aromatic carbocycles. The Hall–Kier alpha value is -1.84. The van der Waals surface area contributed by atoms with Crippen molar-refractivity contribution in [1.82, 2.24) is 9.38 Å². The van der Waals surface area contributed by atoms with Crippen molar-refractivity contribution in [3.63, 3.8) is 0 Å². The molecule has 2 aromatic rings. The molecule has 0 aliphatic heterocycles. The number of hydrogen-bond acceptors (Lipinski definition) is 3. The summed E-state index contributed by atoms with van der Waals surface area (Å²) < 4.78 is 6.69. The van der Waals surface area contributed by atoms with E-state index in [0.29, 0.717) is 17.8 Å². The van der Waals surface area contributed by atoms with Crippen molar-refractivity contribution in [2.24, 2.45) is 0 Å². The van der Waals surface area contributed by atoms with Crippen LogP contribution in [0.5, 0.6) is 0 Å². The van der Waals surface area contributed by atoms with Gasteiger partial charge in [-0.25, -0.2) is 9.78 Å². The quantitative estimate of drug-likeness (QED) is 0.674. The number of aromatic nitrogens is 2. The smallest absolute Gasteiger partial charge is 0.341 e. The number of fused-ring (bicyclic) bond motifs is 1. The van der Waals surface area contributed by atoms with Crippen LogP contribution in [0.15, 0.2) is 30.7 Å².